The van der Waals surface area contributed by atoms with Gasteiger partial charge in [0.15, 0.2) is 11.5 Å². The third kappa shape index (κ3) is 4.46. The van der Waals surface area contributed by atoms with E-state index in [1.54, 1.807) is 11.8 Å². The first-order valence-electron chi connectivity index (χ1n) is 10.6. The number of ether oxygens (including phenoxy) is 2. The lowest BCUT2D eigenvalue weighted by molar-refractivity contribution is -0.110. The van der Waals surface area contributed by atoms with Crippen molar-refractivity contribution >= 4 is 40.3 Å². The predicted molar refractivity (Wildman–Crippen MR) is 133 cm³/mol. The summed E-state index contributed by atoms with van der Waals surface area (Å²) in [5, 5.41) is 6.48. The molecular formula is C26H26N2O3S. The van der Waals surface area contributed by atoms with Gasteiger partial charge in [-0.25, -0.2) is 0 Å². The van der Waals surface area contributed by atoms with E-state index < -0.39 is 0 Å². The molecule has 0 bridgehead atoms. The highest BCUT2D eigenvalue weighted by Gasteiger charge is 2.30. The monoisotopic (exact) mass is 446 g/mol. The zero-order chi connectivity index (χ0) is 22.5. The van der Waals surface area contributed by atoms with Gasteiger partial charge in [-0.05, 0) is 56.0 Å². The van der Waals surface area contributed by atoms with Crippen LogP contribution in [0, 0.1) is 0 Å². The predicted octanol–water partition coefficient (Wildman–Crippen LogP) is 6.14. The van der Waals surface area contributed by atoms with Crippen molar-refractivity contribution in [3.05, 3.63) is 77.9 Å². The van der Waals surface area contributed by atoms with E-state index in [2.05, 4.69) is 22.8 Å². The first kappa shape index (κ1) is 21.8. The molecular weight excluding hydrogens is 420 g/mol. The minimum atomic E-state index is -0.164. The topological polar surface area (TPSA) is 59.6 Å². The molecule has 6 heteroatoms. The largest absolute Gasteiger partial charge is 0.490 e. The van der Waals surface area contributed by atoms with Crippen molar-refractivity contribution in [1.29, 1.82) is 0 Å². The highest BCUT2D eigenvalue weighted by atomic mass is 32.2. The number of nitrogens with one attached hydrogen (secondary N) is 2. The summed E-state index contributed by atoms with van der Waals surface area (Å²) < 4.78 is 11.6. The van der Waals surface area contributed by atoms with E-state index in [4.69, 9.17) is 9.47 Å². The summed E-state index contributed by atoms with van der Waals surface area (Å²) in [4.78, 5) is 14.4. The number of fused-ring (bicyclic) bond motifs is 1. The molecule has 0 fully saturated rings. The number of anilines is 2. The van der Waals surface area contributed by atoms with E-state index in [1.807, 2.05) is 74.7 Å². The van der Waals surface area contributed by atoms with Crippen molar-refractivity contribution in [2.24, 2.45) is 0 Å². The van der Waals surface area contributed by atoms with Gasteiger partial charge >= 0.3 is 0 Å². The summed E-state index contributed by atoms with van der Waals surface area (Å²) in [5.41, 5.74) is 4.64. The molecule has 4 rings (SSSR count). The van der Waals surface area contributed by atoms with Crippen molar-refractivity contribution in [2.75, 3.05) is 30.1 Å². The SMILES string of the molecule is CCOc1cc2c(cc1OCC)C(=C(Nc1ccc(SC)cc1)c1ccccc1)C(=O)N2. The Morgan fingerprint density at radius 1 is 0.938 bits per heavy atom. The molecule has 3 aromatic rings. The van der Waals surface area contributed by atoms with Crippen LogP contribution in [0.15, 0.2) is 71.6 Å². The van der Waals surface area contributed by atoms with E-state index in [1.165, 1.54) is 4.90 Å². The fourth-order valence-corrected chi connectivity index (χ4v) is 4.07. The summed E-state index contributed by atoms with van der Waals surface area (Å²) >= 11 is 1.69. The zero-order valence-electron chi connectivity index (χ0n) is 18.4. The van der Waals surface area contributed by atoms with Gasteiger partial charge in [0.2, 0.25) is 0 Å². The Morgan fingerprint density at radius 3 is 2.22 bits per heavy atom. The lowest BCUT2D eigenvalue weighted by atomic mass is 9.99. The minimum absolute atomic E-state index is 0.164. The smallest absolute Gasteiger partial charge is 0.258 e. The van der Waals surface area contributed by atoms with Crippen molar-refractivity contribution in [1.82, 2.24) is 0 Å². The molecule has 0 atom stereocenters. The molecule has 1 heterocycles. The molecule has 32 heavy (non-hydrogen) atoms. The number of thioether (sulfide) groups is 1. The first-order chi connectivity index (χ1) is 15.6. The third-order valence-electron chi connectivity index (χ3n) is 5.10. The molecule has 0 saturated heterocycles. The van der Waals surface area contributed by atoms with Crippen LogP contribution >= 0.6 is 11.8 Å². The van der Waals surface area contributed by atoms with Gasteiger partial charge < -0.3 is 20.1 Å². The van der Waals surface area contributed by atoms with Gasteiger partial charge in [0.1, 0.15) is 0 Å². The van der Waals surface area contributed by atoms with Crippen LogP contribution in [0.3, 0.4) is 0 Å². The Labute approximate surface area is 192 Å². The Hall–Kier alpha value is -3.38. The second-order valence-corrected chi connectivity index (χ2v) is 8.01. The number of amides is 1. The molecule has 1 aliphatic rings. The molecule has 5 nitrogen and oxygen atoms in total. The van der Waals surface area contributed by atoms with E-state index >= 15 is 0 Å². The van der Waals surface area contributed by atoms with E-state index in [9.17, 15) is 4.79 Å². The highest BCUT2D eigenvalue weighted by Crippen LogP contribution is 2.43. The van der Waals surface area contributed by atoms with E-state index in [-0.39, 0.29) is 5.91 Å². The number of rotatable bonds is 8. The molecule has 1 amide bonds. The normalized spacial score (nSPS) is 13.9. The number of carbonyl (C=O) groups is 1. The van der Waals surface area contributed by atoms with Crippen LogP contribution in [-0.2, 0) is 4.79 Å². The van der Waals surface area contributed by atoms with Crippen LogP contribution in [0.1, 0.15) is 25.0 Å². The standard InChI is InChI=1S/C26H26N2O3S/c1-4-30-22-15-20-21(16-23(22)31-5-2)28-26(29)24(20)25(17-9-7-6-8-10-17)27-18-11-13-19(32-3)14-12-18/h6-16,27H,4-5H2,1-3H3,(H,28,29). The van der Waals surface area contributed by atoms with Gasteiger partial charge in [0.05, 0.1) is 30.2 Å². The first-order valence-corrected chi connectivity index (χ1v) is 11.8. The lowest BCUT2D eigenvalue weighted by Gasteiger charge is -2.16. The van der Waals surface area contributed by atoms with Gasteiger partial charge in [-0.2, -0.15) is 0 Å². The molecule has 0 saturated carbocycles. The molecule has 0 spiro atoms. The molecule has 0 radical (unpaired) electrons. The van der Waals surface area contributed by atoms with Crippen LogP contribution in [-0.4, -0.2) is 25.4 Å². The second-order valence-electron chi connectivity index (χ2n) is 7.13. The van der Waals surface area contributed by atoms with Crippen molar-refractivity contribution < 1.29 is 14.3 Å². The van der Waals surface area contributed by atoms with Crippen LogP contribution in [0.25, 0.3) is 11.3 Å². The molecule has 164 valence electrons. The van der Waals surface area contributed by atoms with Crippen LogP contribution in [0.2, 0.25) is 0 Å². The molecule has 0 unspecified atom stereocenters. The molecule has 1 aliphatic heterocycles. The van der Waals surface area contributed by atoms with Gasteiger partial charge in [-0.3, -0.25) is 4.79 Å². The summed E-state index contributed by atoms with van der Waals surface area (Å²) in [6, 6.07) is 21.8. The average molecular weight is 447 g/mol. The van der Waals surface area contributed by atoms with Crippen molar-refractivity contribution in [2.45, 2.75) is 18.7 Å². The lowest BCUT2D eigenvalue weighted by Crippen LogP contribution is -2.10. The second kappa shape index (κ2) is 9.83. The maximum atomic E-state index is 13.2. The quantitative estimate of drug-likeness (QED) is 0.322. The van der Waals surface area contributed by atoms with Gasteiger partial charge in [0.25, 0.3) is 5.91 Å². The Balaban J connectivity index is 1.87. The number of carbonyl (C=O) groups excluding carboxylic acids is 1. The zero-order valence-corrected chi connectivity index (χ0v) is 19.2. The highest BCUT2D eigenvalue weighted by molar-refractivity contribution is 7.98. The number of hydrogen-bond donors (Lipinski definition) is 2. The fourth-order valence-electron chi connectivity index (χ4n) is 3.66. The van der Waals surface area contributed by atoms with Gasteiger partial charge in [-0.1, -0.05) is 30.3 Å². The van der Waals surface area contributed by atoms with Gasteiger partial charge in [0, 0.05) is 22.2 Å². The summed E-state index contributed by atoms with van der Waals surface area (Å²) in [6.45, 7) is 4.87. The van der Waals surface area contributed by atoms with E-state index in [0.29, 0.717) is 36.0 Å². The Kier molecular flexibility index (Phi) is 6.71. The van der Waals surface area contributed by atoms with Crippen LogP contribution in [0.5, 0.6) is 11.5 Å². The summed E-state index contributed by atoms with van der Waals surface area (Å²) in [5.74, 6) is 1.08. The Bertz CT molecular complexity index is 1140. The molecule has 0 aromatic heterocycles. The molecule has 3 aromatic carbocycles. The fraction of sp³-hybridized carbons (Fsp3) is 0.192. The average Bonchev–Trinajstić information content (AvgIpc) is 3.13. The van der Waals surface area contributed by atoms with Crippen LogP contribution < -0.4 is 20.1 Å². The summed E-state index contributed by atoms with van der Waals surface area (Å²) in [6.07, 6.45) is 2.05. The minimum Gasteiger partial charge on any atom is -0.490 e. The molecule has 0 aliphatic carbocycles. The van der Waals surface area contributed by atoms with E-state index in [0.717, 1.165) is 22.5 Å². The maximum absolute atomic E-state index is 13.2. The maximum Gasteiger partial charge on any atom is 0.258 e. The van der Waals surface area contributed by atoms with Crippen LogP contribution in [0.4, 0.5) is 11.4 Å². The number of benzene rings is 3. The Morgan fingerprint density at radius 2 is 1.59 bits per heavy atom. The van der Waals surface area contributed by atoms with Gasteiger partial charge in [-0.15, -0.1) is 11.8 Å². The summed E-state index contributed by atoms with van der Waals surface area (Å²) in [7, 11) is 0. The molecule has 2 N–H and O–H groups in total. The third-order valence-corrected chi connectivity index (χ3v) is 5.84. The van der Waals surface area contributed by atoms with Crippen molar-refractivity contribution in [3.8, 4) is 11.5 Å². The number of hydrogen-bond acceptors (Lipinski definition) is 5. The van der Waals surface area contributed by atoms with Crippen molar-refractivity contribution in [3.63, 3.8) is 0 Å².